The van der Waals surface area contributed by atoms with Crippen molar-refractivity contribution in [3.8, 4) is 0 Å². The molecule has 2 aliphatic rings. The van der Waals surface area contributed by atoms with Gasteiger partial charge in [-0.3, -0.25) is 14.5 Å². The van der Waals surface area contributed by atoms with Gasteiger partial charge in [0.05, 0.1) is 17.5 Å². The van der Waals surface area contributed by atoms with E-state index >= 15 is 0 Å². The van der Waals surface area contributed by atoms with Crippen molar-refractivity contribution < 1.29 is 9.59 Å². The number of amides is 2. The number of rotatable bonds is 2. The quantitative estimate of drug-likeness (QED) is 0.688. The Kier molecular flexibility index (Phi) is 4.03. The van der Waals surface area contributed by atoms with Crippen LogP contribution in [-0.4, -0.2) is 11.8 Å². The number of nitrogens with zero attached hydrogens (tertiary/aromatic N) is 1. The van der Waals surface area contributed by atoms with Gasteiger partial charge in [-0.1, -0.05) is 53.2 Å². The highest BCUT2D eigenvalue weighted by atomic mass is 79.9. The lowest BCUT2D eigenvalue weighted by Crippen LogP contribution is -2.36. The zero-order valence-electron chi connectivity index (χ0n) is 14.1. The van der Waals surface area contributed by atoms with E-state index < -0.39 is 0 Å². The van der Waals surface area contributed by atoms with Crippen molar-refractivity contribution in [3.05, 3.63) is 64.6 Å². The molecule has 2 amide bonds. The van der Waals surface area contributed by atoms with Gasteiger partial charge < -0.3 is 0 Å². The van der Waals surface area contributed by atoms with Crippen molar-refractivity contribution in [2.75, 3.05) is 4.90 Å². The topological polar surface area (TPSA) is 37.4 Å². The Labute approximate surface area is 156 Å². The molecule has 1 saturated carbocycles. The molecular formula is C21H20BrNO2. The van der Waals surface area contributed by atoms with Gasteiger partial charge in [0.25, 0.3) is 0 Å². The first kappa shape index (κ1) is 16.5. The standard InChI is InChI=1S/C21H20BrNO2/c1-21(14-5-3-2-4-6-14)12-11-17-18(13-21)20(25)23(19(17)24)16-9-7-15(22)8-10-16/h2-10,17-18H,11-13H2,1H3/t17-,18-,21-/m1/s1. The third-order valence-electron chi connectivity index (χ3n) is 5.79. The molecule has 25 heavy (non-hydrogen) atoms. The maximum Gasteiger partial charge on any atom is 0.237 e. The number of hydrogen-bond acceptors (Lipinski definition) is 2. The molecule has 1 aliphatic heterocycles. The number of fused-ring (bicyclic) bond motifs is 1. The van der Waals surface area contributed by atoms with Gasteiger partial charge in [0.2, 0.25) is 11.8 Å². The minimum Gasteiger partial charge on any atom is -0.274 e. The number of imide groups is 1. The van der Waals surface area contributed by atoms with Gasteiger partial charge in [-0.15, -0.1) is 0 Å². The lowest BCUT2D eigenvalue weighted by Gasteiger charge is -2.38. The van der Waals surface area contributed by atoms with Gasteiger partial charge >= 0.3 is 0 Å². The maximum absolute atomic E-state index is 13.0. The van der Waals surface area contributed by atoms with Gasteiger partial charge in [-0.05, 0) is 54.5 Å². The number of benzene rings is 2. The fraction of sp³-hybridized carbons (Fsp3) is 0.333. The molecule has 0 spiro atoms. The van der Waals surface area contributed by atoms with Crippen LogP contribution < -0.4 is 4.90 Å². The summed E-state index contributed by atoms with van der Waals surface area (Å²) in [7, 11) is 0. The zero-order valence-corrected chi connectivity index (χ0v) is 15.7. The molecule has 0 unspecified atom stereocenters. The van der Waals surface area contributed by atoms with Gasteiger partial charge in [0.15, 0.2) is 0 Å². The van der Waals surface area contributed by atoms with E-state index in [1.165, 1.54) is 10.5 Å². The van der Waals surface area contributed by atoms with Crippen molar-refractivity contribution in [2.45, 2.75) is 31.6 Å². The predicted octanol–water partition coefficient (Wildman–Crippen LogP) is 4.70. The molecule has 4 rings (SSSR count). The predicted molar refractivity (Wildman–Crippen MR) is 101 cm³/mol. The zero-order chi connectivity index (χ0) is 17.6. The first-order valence-corrected chi connectivity index (χ1v) is 9.48. The van der Waals surface area contributed by atoms with Gasteiger partial charge in [-0.25, -0.2) is 0 Å². The van der Waals surface area contributed by atoms with E-state index in [1.807, 2.05) is 42.5 Å². The van der Waals surface area contributed by atoms with E-state index in [1.54, 1.807) is 0 Å². The molecule has 128 valence electrons. The Morgan fingerprint density at radius 3 is 2.28 bits per heavy atom. The average molecular weight is 398 g/mol. The molecule has 1 aliphatic carbocycles. The second kappa shape index (κ2) is 6.10. The molecule has 1 heterocycles. The number of hydrogen-bond donors (Lipinski definition) is 0. The summed E-state index contributed by atoms with van der Waals surface area (Å²) in [6.07, 6.45) is 2.44. The highest BCUT2D eigenvalue weighted by molar-refractivity contribution is 9.10. The first-order valence-electron chi connectivity index (χ1n) is 8.68. The van der Waals surface area contributed by atoms with E-state index in [2.05, 4.69) is 35.0 Å². The molecule has 4 heteroatoms. The van der Waals surface area contributed by atoms with Gasteiger partial charge in [0.1, 0.15) is 0 Å². The molecule has 3 atom stereocenters. The number of carbonyl (C=O) groups excluding carboxylic acids is 2. The van der Waals surface area contributed by atoms with E-state index in [0.717, 1.165) is 23.7 Å². The number of carbonyl (C=O) groups is 2. The van der Waals surface area contributed by atoms with Crippen LogP contribution in [0.15, 0.2) is 59.1 Å². The third-order valence-corrected chi connectivity index (χ3v) is 6.32. The van der Waals surface area contributed by atoms with Crippen LogP contribution in [0.4, 0.5) is 5.69 Å². The summed E-state index contributed by atoms with van der Waals surface area (Å²) < 4.78 is 0.935. The van der Waals surface area contributed by atoms with E-state index in [9.17, 15) is 9.59 Å². The second-order valence-electron chi connectivity index (χ2n) is 7.37. The molecule has 0 aromatic heterocycles. The van der Waals surface area contributed by atoms with Crippen LogP contribution in [0.3, 0.4) is 0 Å². The third kappa shape index (κ3) is 2.73. The Bertz CT molecular complexity index is 818. The summed E-state index contributed by atoms with van der Waals surface area (Å²) in [6.45, 7) is 2.22. The fourth-order valence-corrected chi connectivity index (χ4v) is 4.61. The molecule has 1 saturated heterocycles. The average Bonchev–Trinajstić information content (AvgIpc) is 2.87. The molecule has 0 radical (unpaired) electrons. The normalized spacial score (nSPS) is 29.0. The first-order chi connectivity index (χ1) is 12.0. The summed E-state index contributed by atoms with van der Waals surface area (Å²) in [5, 5.41) is 0. The van der Waals surface area contributed by atoms with Crippen molar-refractivity contribution in [1.29, 1.82) is 0 Å². The van der Waals surface area contributed by atoms with Crippen LogP contribution in [0.2, 0.25) is 0 Å². The monoisotopic (exact) mass is 397 g/mol. The Morgan fingerprint density at radius 1 is 0.960 bits per heavy atom. The molecule has 0 bridgehead atoms. The SMILES string of the molecule is C[C@@]1(c2ccccc2)CC[C@H]2C(=O)N(c3ccc(Br)cc3)C(=O)[C@@H]2C1. The number of anilines is 1. The highest BCUT2D eigenvalue weighted by Crippen LogP contribution is 2.48. The summed E-state index contributed by atoms with van der Waals surface area (Å²) >= 11 is 3.40. The van der Waals surface area contributed by atoms with Crippen LogP contribution in [0.25, 0.3) is 0 Å². The molecule has 2 aromatic rings. The van der Waals surface area contributed by atoms with Crippen LogP contribution in [0, 0.1) is 11.8 Å². The van der Waals surface area contributed by atoms with Crippen LogP contribution in [-0.2, 0) is 15.0 Å². The molecule has 3 nitrogen and oxygen atoms in total. The summed E-state index contributed by atoms with van der Waals surface area (Å²) in [5.74, 6) is -0.463. The minimum absolute atomic E-state index is 0.0348. The summed E-state index contributed by atoms with van der Waals surface area (Å²) in [5.41, 5.74) is 1.89. The molecular weight excluding hydrogens is 378 g/mol. The maximum atomic E-state index is 13.0. The van der Waals surface area contributed by atoms with Gasteiger partial charge in [-0.2, -0.15) is 0 Å². The van der Waals surface area contributed by atoms with Crippen LogP contribution in [0.5, 0.6) is 0 Å². The van der Waals surface area contributed by atoms with Crippen molar-refractivity contribution in [2.24, 2.45) is 11.8 Å². The molecule has 2 fully saturated rings. The van der Waals surface area contributed by atoms with E-state index in [0.29, 0.717) is 5.69 Å². The highest BCUT2D eigenvalue weighted by Gasteiger charge is 2.53. The summed E-state index contributed by atoms with van der Waals surface area (Å²) in [6, 6.07) is 17.8. The lowest BCUT2D eigenvalue weighted by molar-refractivity contribution is -0.122. The van der Waals surface area contributed by atoms with Gasteiger partial charge in [0, 0.05) is 4.47 Å². The second-order valence-corrected chi connectivity index (χ2v) is 8.29. The Hall–Kier alpha value is -1.94. The fourth-order valence-electron chi connectivity index (χ4n) is 4.35. The van der Waals surface area contributed by atoms with Crippen molar-refractivity contribution >= 4 is 33.4 Å². The van der Waals surface area contributed by atoms with Crippen molar-refractivity contribution in [1.82, 2.24) is 0 Å². The van der Waals surface area contributed by atoms with Crippen molar-refractivity contribution in [3.63, 3.8) is 0 Å². The minimum atomic E-state index is -0.213. The van der Waals surface area contributed by atoms with Crippen LogP contribution in [0.1, 0.15) is 31.7 Å². The summed E-state index contributed by atoms with van der Waals surface area (Å²) in [4.78, 5) is 27.3. The van der Waals surface area contributed by atoms with E-state index in [4.69, 9.17) is 0 Å². The Morgan fingerprint density at radius 2 is 1.60 bits per heavy atom. The molecule has 2 aromatic carbocycles. The van der Waals surface area contributed by atoms with Crippen LogP contribution >= 0.6 is 15.9 Å². The van der Waals surface area contributed by atoms with E-state index in [-0.39, 0.29) is 29.1 Å². The smallest absolute Gasteiger partial charge is 0.237 e. The lowest BCUT2D eigenvalue weighted by atomic mass is 9.64. The molecule has 0 N–H and O–H groups in total. The Balaban J connectivity index is 1.64. The number of halogens is 1. The largest absolute Gasteiger partial charge is 0.274 e.